The largest absolute Gasteiger partial charge is 0.495 e. The van der Waals surface area contributed by atoms with Crippen molar-refractivity contribution in [1.82, 2.24) is 9.88 Å². The predicted octanol–water partition coefficient (Wildman–Crippen LogP) is 1.60. The van der Waals surface area contributed by atoms with Crippen LogP contribution >= 0.6 is 15.9 Å². The van der Waals surface area contributed by atoms with Crippen molar-refractivity contribution in [2.24, 2.45) is 0 Å². The zero-order chi connectivity index (χ0) is 11.5. The third-order valence-electron chi connectivity index (χ3n) is 2.85. The Hall–Kier alpha value is -0.810. The van der Waals surface area contributed by atoms with Gasteiger partial charge in [-0.3, -0.25) is 0 Å². The molecule has 1 fully saturated rings. The molecule has 0 spiro atoms. The van der Waals surface area contributed by atoms with Gasteiger partial charge in [-0.2, -0.15) is 0 Å². The maximum Gasteiger partial charge on any atom is 0.138 e. The summed E-state index contributed by atoms with van der Waals surface area (Å²) in [6.45, 7) is 4.21. The van der Waals surface area contributed by atoms with Crippen molar-refractivity contribution in [2.45, 2.75) is 0 Å². The van der Waals surface area contributed by atoms with Crippen LogP contribution in [-0.4, -0.2) is 50.2 Å². The summed E-state index contributed by atoms with van der Waals surface area (Å²) in [5, 5.41) is 0. The van der Waals surface area contributed by atoms with E-state index in [-0.39, 0.29) is 0 Å². The van der Waals surface area contributed by atoms with E-state index in [4.69, 9.17) is 4.74 Å². The van der Waals surface area contributed by atoms with Gasteiger partial charge in [0, 0.05) is 38.4 Å². The Morgan fingerprint density at radius 3 is 2.62 bits per heavy atom. The minimum absolute atomic E-state index is 0.837. The quantitative estimate of drug-likeness (QED) is 0.826. The first-order valence-electron chi connectivity index (χ1n) is 5.33. The highest BCUT2D eigenvalue weighted by atomic mass is 79.9. The summed E-state index contributed by atoms with van der Waals surface area (Å²) in [4.78, 5) is 9.03. The van der Waals surface area contributed by atoms with Crippen LogP contribution in [-0.2, 0) is 0 Å². The number of halogens is 1. The van der Waals surface area contributed by atoms with E-state index in [2.05, 4.69) is 37.8 Å². The third-order valence-corrected chi connectivity index (χ3v) is 3.45. The number of ether oxygens (including phenoxy) is 1. The van der Waals surface area contributed by atoms with Gasteiger partial charge in [-0.15, -0.1) is 0 Å². The summed E-state index contributed by atoms with van der Waals surface area (Å²) in [6.07, 6.45) is 1.80. The van der Waals surface area contributed by atoms with E-state index in [1.165, 1.54) is 0 Å². The molecule has 1 aromatic rings. The maximum absolute atomic E-state index is 5.27. The highest BCUT2D eigenvalue weighted by Crippen LogP contribution is 2.27. The number of likely N-dealkylation sites (N-methyl/N-ethyl adjacent to an activating group) is 1. The molecule has 0 aromatic carbocycles. The highest BCUT2D eigenvalue weighted by Gasteiger charge is 2.16. The Morgan fingerprint density at radius 2 is 2.00 bits per heavy atom. The molecule has 1 aliphatic heterocycles. The Balaban J connectivity index is 2.14. The number of rotatable bonds is 2. The van der Waals surface area contributed by atoms with Crippen molar-refractivity contribution in [3.63, 3.8) is 0 Å². The molecule has 0 N–H and O–H groups in total. The van der Waals surface area contributed by atoms with Crippen LogP contribution in [0.4, 0.5) is 5.82 Å². The van der Waals surface area contributed by atoms with Crippen molar-refractivity contribution in [1.29, 1.82) is 0 Å². The van der Waals surface area contributed by atoms with E-state index < -0.39 is 0 Å². The molecule has 0 aliphatic carbocycles. The van der Waals surface area contributed by atoms with Gasteiger partial charge in [-0.25, -0.2) is 4.98 Å². The fourth-order valence-electron chi connectivity index (χ4n) is 1.77. The Bertz CT molecular complexity index is 364. The van der Waals surface area contributed by atoms with Crippen molar-refractivity contribution < 1.29 is 4.74 Å². The van der Waals surface area contributed by atoms with Crippen LogP contribution in [0.15, 0.2) is 16.7 Å². The number of aromatic nitrogens is 1. The van der Waals surface area contributed by atoms with Crippen molar-refractivity contribution in [2.75, 3.05) is 45.2 Å². The van der Waals surface area contributed by atoms with Crippen LogP contribution in [0.5, 0.6) is 5.75 Å². The molecule has 0 radical (unpaired) electrons. The van der Waals surface area contributed by atoms with Crippen LogP contribution in [0.1, 0.15) is 0 Å². The molecule has 5 heteroatoms. The van der Waals surface area contributed by atoms with Gasteiger partial charge in [0.2, 0.25) is 0 Å². The molecule has 4 nitrogen and oxygen atoms in total. The fourth-order valence-corrected chi connectivity index (χ4v) is 2.15. The summed E-state index contributed by atoms with van der Waals surface area (Å²) in [5.41, 5.74) is 0. The predicted molar refractivity (Wildman–Crippen MR) is 68.2 cm³/mol. The lowest BCUT2D eigenvalue weighted by Crippen LogP contribution is -2.44. The van der Waals surface area contributed by atoms with Gasteiger partial charge in [0.05, 0.1) is 11.6 Å². The average molecular weight is 286 g/mol. The van der Waals surface area contributed by atoms with Gasteiger partial charge >= 0.3 is 0 Å². The zero-order valence-corrected chi connectivity index (χ0v) is 11.2. The highest BCUT2D eigenvalue weighted by molar-refractivity contribution is 9.10. The summed E-state index contributed by atoms with van der Waals surface area (Å²) < 4.78 is 6.17. The molecule has 0 saturated carbocycles. The van der Waals surface area contributed by atoms with E-state index >= 15 is 0 Å². The van der Waals surface area contributed by atoms with Crippen LogP contribution < -0.4 is 9.64 Å². The first-order valence-corrected chi connectivity index (χ1v) is 6.13. The number of hydrogen-bond donors (Lipinski definition) is 0. The molecule has 0 bridgehead atoms. The number of methoxy groups -OCH3 is 1. The Morgan fingerprint density at radius 1 is 1.31 bits per heavy atom. The molecule has 0 unspecified atom stereocenters. The first-order chi connectivity index (χ1) is 7.70. The number of piperazine rings is 1. The number of hydrogen-bond acceptors (Lipinski definition) is 4. The normalized spacial score (nSPS) is 17.6. The summed E-state index contributed by atoms with van der Waals surface area (Å²) in [5.74, 6) is 1.83. The molecule has 2 heterocycles. The second-order valence-electron chi connectivity index (χ2n) is 3.97. The summed E-state index contributed by atoms with van der Waals surface area (Å²) in [7, 11) is 3.82. The third kappa shape index (κ3) is 2.47. The average Bonchev–Trinajstić information content (AvgIpc) is 2.31. The van der Waals surface area contributed by atoms with E-state index in [0.717, 1.165) is 42.2 Å². The van der Waals surface area contributed by atoms with E-state index in [9.17, 15) is 0 Å². The number of pyridine rings is 1. The maximum atomic E-state index is 5.27. The van der Waals surface area contributed by atoms with Gasteiger partial charge in [0.1, 0.15) is 11.6 Å². The summed E-state index contributed by atoms with van der Waals surface area (Å²) >= 11 is 3.41. The number of nitrogens with zero attached hydrogens (tertiary/aromatic N) is 3. The van der Waals surface area contributed by atoms with Gasteiger partial charge in [0.25, 0.3) is 0 Å². The lowest BCUT2D eigenvalue weighted by atomic mass is 10.3. The van der Waals surface area contributed by atoms with E-state index in [0.29, 0.717) is 0 Å². The monoisotopic (exact) mass is 285 g/mol. The zero-order valence-electron chi connectivity index (χ0n) is 9.61. The smallest absolute Gasteiger partial charge is 0.138 e. The molecule has 1 aliphatic rings. The molecular weight excluding hydrogens is 270 g/mol. The van der Waals surface area contributed by atoms with E-state index in [1.807, 2.05) is 6.07 Å². The molecule has 88 valence electrons. The van der Waals surface area contributed by atoms with Crippen molar-refractivity contribution >= 4 is 21.7 Å². The van der Waals surface area contributed by atoms with Crippen LogP contribution in [0, 0.1) is 0 Å². The van der Waals surface area contributed by atoms with Crippen LogP contribution in [0.25, 0.3) is 0 Å². The van der Waals surface area contributed by atoms with E-state index in [1.54, 1.807) is 13.3 Å². The lowest BCUT2D eigenvalue weighted by Gasteiger charge is -2.33. The van der Waals surface area contributed by atoms with Gasteiger partial charge < -0.3 is 14.5 Å². The second kappa shape index (κ2) is 5.01. The molecule has 2 rings (SSSR count). The second-order valence-corrected chi connectivity index (χ2v) is 4.82. The SMILES string of the molecule is COc1cc(N2CCN(C)CC2)ncc1Br. The molecule has 0 amide bonds. The minimum atomic E-state index is 0.837. The van der Waals surface area contributed by atoms with Crippen molar-refractivity contribution in [3.05, 3.63) is 16.7 Å². The molecule has 16 heavy (non-hydrogen) atoms. The summed E-state index contributed by atoms with van der Waals surface area (Å²) in [6, 6.07) is 1.98. The van der Waals surface area contributed by atoms with Crippen LogP contribution in [0.2, 0.25) is 0 Å². The number of anilines is 1. The lowest BCUT2D eigenvalue weighted by molar-refractivity contribution is 0.312. The molecular formula is C11H16BrN3O. The van der Waals surface area contributed by atoms with Crippen LogP contribution in [0.3, 0.4) is 0 Å². The molecule has 1 aromatic heterocycles. The fraction of sp³-hybridized carbons (Fsp3) is 0.545. The topological polar surface area (TPSA) is 28.6 Å². The first kappa shape index (κ1) is 11.7. The Kier molecular flexibility index (Phi) is 3.66. The van der Waals surface area contributed by atoms with Gasteiger partial charge in [-0.1, -0.05) is 0 Å². The molecule has 1 saturated heterocycles. The van der Waals surface area contributed by atoms with Crippen molar-refractivity contribution in [3.8, 4) is 5.75 Å². The standard InChI is InChI=1S/C11H16BrN3O/c1-14-3-5-15(6-4-14)11-7-10(16-2)9(12)8-13-11/h7-8H,3-6H2,1-2H3. The minimum Gasteiger partial charge on any atom is -0.495 e. The molecule has 0 atom stereocenters. The van der Waals surface area contributed by atoms with Gasteiger partial charge in [0.15, 0.2) is 0 Å². The van der Waals surface area contributed by atoms with Gasteiger partial charge in [-0.05, 0) is 23.0 Å². The Labute approximate surface area is 104 Å².